The third kappa shape index (κ3) is 2.87. The monoisotopic (exact) mass is 345 g/mol. The Bertz CT molecular complexity index is 1020. The highest BCUT2D eigenvalue weighted by molar-refractivity contribution is 6.09. The molecule has 130 valence electrons. The van der Waals surface area contributed by atoms with Crippen LogP contribution in [0.15, 0.2) is 67.1 Å². The highest BCUT2D eigenvalue weighted by Gasteiger charge is 2.18. The van der Waals surface area contributed by atoms with Gasteiger partial charge in [-0.15, -0.1) is 0 Å². The summed E-state index contributed by atoms with van der Waals surface area (Å²) in [6.07, 6.45) is 5.48. The van der Waals surface area contributed by atoms with E-state index in [9.17, 15) is 4.79 Å². The number of carbonyl (C=O) groups is 1. The van der Waals surface area contributed by atoms with Crippen molar-refractivity contribution in [1.82, 2.24) is 20.5 Å². The lowest BCUT2D eigenvalue weighted by molar-refractivity contribution is 0.0939. The molecular formula is C20H19N5O. The predicted octanol–water partition coefficient (Wildman–Crippen LogP) is 2.99. The van der Waals surface area contributed by atoms with Crippen molar-refractivity contribution < 1.29 is 4.79 Å². The normalized spacial score (nSPS) is 12.2. The van der Waals surface area contributed by atoms with E-state index in [-0.39, 0.29) is 11.9 Å². The molecule has 0 saturated carbocycles. The van der Waals surface area contributed by atoms with Crippen LogP contribution >= 0.6 is 0 Å². The summed E-state index contributed by atoms with van der Waals surface area (Å²) in [4.78, 5) is 16.1. The number of rotatable bonds is 5. The zero-order chi connectivity index (χ0) is 17.9. The standard InChI is InChI=1S/C20H19N5O/c21-9-18(13-5-2-1-3-6-13)25-20(26)16-8-4-7-15-17(12-22-19(15)16)14-10-23-24-11-14/h1-8,10-12,18,22H,9,21H2,(H,23,24)(H,25,26). The molecule has 6 heteroatoms. The van der Waals surface area contributed by atoms with Crippen LogP contribution in [0.2, 0.25) is 0 Å². The van der Waals surface area contributed by atoms with Crippen molar-refractivity contribution in [2.24, 2.45) is 5.73 Å². The first-order valence-electron chi connectivity index (χ1n) is 8.43. The fourth-order valence-electron chi connectivity index (χ4n) is 3.18. The molecule has 0 aliphatic carbocycles. The van der Waals surface area contributed by atoms with Gasteiger partial charge >= 0.3 is 0 Å². The van der Waals surface area contributed by atoms with Crippen LogP contribution in [0.4, 0.5) is 0 Å². The maximum absolute atomic E-state index is 12.9. The quantitative estimate of drug-likeness (QED) is 0.447. The highest BCUT2D eigenvalue weighted by atomic mass is 16.1. The summed E-state index contributed by atoms with van der Waals surface area (Å²) >= 11 is 0. The van der Waals surface area contributed by atoms with E-state index >= 15 is 0 Å². The Morgan fingerprint density at radius 3 is 2.69 bits per heavy atom. The first kappa shape index (κ1) is 16.1. The lowest BCUT2D eigenvalue weighted by Crippen LogP contribution is -2.33. The van der Waals surface area contributed by atoms with Crippen LogP contribution in [0.25, 0.3) is 22.0 Å². The lowest BCUT2D eigenvalue weighted by Gasteiger charge is -2.17. The molecule has 5 N–H and O–H groups in total. The third-order valence-electron chi connectivity index (χ3n) is 4.51. The van der Waals surface area contributed by atoms with Crippen molar-refractivity contribution in [1.29, 1.82) is 0 Å². The molecule has 1 unspecified atom stereocenters. The van der Waals surface area contributed by atoms with E-state index in [1.165, 1.54) is 0 Å². The Hall–Kier alpha value is -3.38. The molecule has 2 heterocycles. The molecule has 0 bridgehead atoms. The maximum Gasteiger partial charge on any atom is 0.253 e. The first-order chi connectivity index (χ1) is 12.8. The topological polar surface area (TPSA) is 99.6 Å². The molecule has 26 heavy (non-hydrogen) atoms. The average molecular weight is 345 g/mol. The Morgan fingerprint density at radius 2 is 1.96 bits per heavy atom. The van der Waals surface area contributed by atoms with E-state index < -0.39 is 0 Å². The zero-order valence-electron chi connectivity index (χ0n) is 14.1. The number of amides is 1. The largest absolute Gasteiger partial charge is 0.360 e. The van der Waals surface area contributed by atoms with Crippen LogP contribution in [-0.4, -0.2) is 27.6 Å². The number of benzene rings is 2. The highest BCUT2D eigenvalue weighted by Crippen LogP contribution is 2.29. The number of hydrogen-bond donors (Lipinski definition) is 4. The second-order valence-corrected chi connectivity index (χ2v) is 6.09. The molecule has 0 saturated heterocycles. The van der Waals surface area contributed by atoms with Gasteiger partial charge in [0.1, 0.15) is 0 Å². The summed E-state index contributed by atoms with van der Waals surface area (Å²) in [7, 11) is 0. The van der Waals surface area contributed by atoms with Gasteiger partial charge in [-0.1, -0.05) is 42.5 Å². The molecule has 4 aromatic rings. The molecule has 1 atom stereocenters. The Kier molecular flexibility index (Phi) is 4.25. The van der Waals surface area contributed by atoms with E-state index in [1.807, 2.05) is 60.9 Å². The summed E-state index contributed by atoms with van der Waals surface area (Å²) in [5.74, 6) is -0.157. The molecule has 2 aromatic heterocycles. The van der Waals surface area contributed by atoms with E-state index in [1.54, 1.807) is 6.20 Å². The van der Waals surface area contributed by atoms with Crippen LogP contribution in [0.1, 0.15) is 22.0 Å². The van der Waals surface area contributed by atoms with E-state index in [2.05, 4.69) is 20.5 Å². The molecule has 0 aliphatic heterocycles. The second-order valence-electron chi connectivity index (χ2n) is 6.09. The van der Waals surface area contributed by atoms with Gasteiger partial charge in [-0.25, -0.2) is 0 Å². The number of hydrogen-bond acceptors (Lipinski definition) is 3. The van der Waals surface area contributed by atoms with E-state index in [4.69, 9.17) is 5.73 Å². The fourth-order valence-corrected chi connectivity index (χ4v) is 3.18. The molecule has 0 radical (unpaired) electrons. The van der Waals surface area contributed by atoms with Gasteiger partial charge in [0.15, 0.2) is 0 Å². The number of fused-ring (bicyclic) bond motifs is 1. The number of H-pyrrole nitrogens is 2. The van der Waals surface area contributed by atoms with Gasteiger partial charge in [-0.2, -0.15) is 5.10 Å². The minimum Gasteiger partial charge on any atom is -0.360 e. The predicted molar refractivity (Wildman–Crippen MR) is 102 cm³/mol. The molecule has 1 amide bonds. The number of para-hydroxylation sites is 1. The SMILES string of the molecule is NCC(NC(=O)c1cccc2c(-c3cn[nH]c3)c[nH]c12)c1ccccc1. The minimum atomic E-state index is -0.234. The number of nitrogens with one attached hydrogen (secondary N) is 3. The van der Waals surface area contributed by atoms with Crippen LogP contribution in [0, 0.1) is 0 Å². The van der Waals surface area contributed by atoms with Gasteiger partial charge in [-0.3, -0.25) is 9.89 Å². The molecule has 2 aromatic carbocycles. The van der Waals surface area contributed by atoms with Crippen LogP contribution in [0.5, 0.6) is 0 Å². The first-order valence-corrected chi connectivity index (χ1v) is 8.43. The Labute approximate surface area is 150 Å². The number of carbonyl (C=O) groups excluding carboxylic acids is 1. The van der Waals surface area contributed by atoms with E-state index in [0.717, 1.165) is 27.6 Å². The Balaban J connectivity index is 1.67. The van der Waals surface area contributed by atoms with Gasteiger partial charge in [0.05, 0.1) is 23.3 Å². The van der Waals surface area contributed by atoms with Crippen molar-refractivity contribution in [2.45, 2.75) is 6.04 Å². The smallest absolute Gasteiger partial charge is 0.253 e. The van der Waals surface area contributed by atoms with Gasteiger partial charge in [0.25, 0.3) is 5.91 Å². The number of nitrogens with two attached hydrogens (primary N) is 1. The Morgan fingerprint density at radius 1 is 1.12 bits per heavy atom. The van der Waals surface area contributed by atoms with Crippen molar-refractivity contribution in [3.8, 4) is 11.1 Å². The number of aromatic amines is 2. The van der Waals surface area contributed by atoms with Gasteiger partial charge < -0.3 is 16.0 Å². The van der Waals surface area contributed by atoms with Crippen LogP contribution < -0.4 is 11.1 Å². The summed E-state index contributed by atoms with van der Waals surface area (Å²) < 4.78 is 0. The van der Waals surface area contributed by atoms with Crippen molar-refractivity contribution in [2.75, 3.05) is 6.54 Å². The molecule has 6 nitrogen and oxygen atoms in total. The summed E-state index contributed by atoms with van der Waals surface area (Å²) in [6.45, 7) is 0.330. The van der Waals surface area contributed by atoms with Crippen molar-refractivity contribution in [3.63, 3.8) is 0 Å². The molecule has 0 fully saturated rings. The summed E-state index contributed by atoms with van der Waals surface area (Å²) in [5.41, 5.74) is 10.2. The van der Waals surface area contributed by atoms with Gasteiger partial charge in [0.2, 0.25) is 0 Å². The molecule has 0 spiro atoms. The van der Waals surface area contributed by atoms with Crippen molar-refractivity contribution in [3.05, 3.63) is 78.2 Å². The fraction of sp³-hybridized carbons (Fsp3) is 0.100. The zero-order valence-corrected chi connectivity index (χ0v) is 14.1. The van der Waals surface area contributed by atoms with Gasteiger partial charge in [0, 0.05) is 35.5 Å². The molecular weight excluding hydrogens is 326 g/mol. The molecule has 4 rings (SSSR count). The maximum atomic E-state index is 12.9. The van der Waals surface area contributed by atoms with Gasteiger partial charge in [-0.05, 0) is 11.6 Å². The minimum absolute atomic E-state index is 0.157. The summed E-state index contributed by atoms with van der Waals surface area (Å²) in [6, 6.07) is 15.2. The van der Waals surface area contributed by atoms with Crippen LogP contribution in [-0.2, 0) is 0 Å². The van der Waals surface area contributed by atoms with E-state index in [0.29, 0.717) is 12.1 Å². The number of aromatic nitrogens is 3. The lowest BCUT2D eigenvalue weighted by atomic mass is 10.0. The third-order valence-corrected chi connectivity index (χ3v) is 4.51. The average Bonchev–Trinajstić information content (AvgIpc) is 3.35. The second kappa shape index (κ2) is 6.85. The summed E-state index contributed by atoms with van der Waals surface area (Å²) in [5, 5.41) is 10.8. The van der Waals surface area contributed by atoms with Crippen molar-refractivity contribution >= 4 is 16.8 Å². The number of nitrogens with zero attached hydrogens (tertiary/aromatic N) is 1. The molecule has 0 aliphatic rings. The van der Waals surface area contributed by atoms with Crippen LogP contribution in [0.3, 0.4) is 0 Å².